The van der Waals surface area contributed by atoms with Crippen LogP contribution in [-0.4, -0.2) is 10.8 Å². The summed E-state index contributed by atoms with van der Waals surface area (Å²) in [7, 11) is 0. The maximum absolute atomic E-state index is 14.3. The Kier molecular flexibility index (Phi) is 3.87. The van der Waals surface area contributed by atoms with Gasteiger partial charge in [-0.1, -0.05) is 23.9 Å². The molecule has 1 heterocycles. The van der Waals surface area contributed by atoms with Gasteiger partial charge in [0.1, 0.15) is 5.82 Å². The molecule has 0 atom stereocenters. The quantitative estimate of drug-likeness (QED) is 0.629. The van der Waals surface area contributed by atoms with Crippen molar-refractivity contribution in [1.82, 2.24) is 4.98 Å². The molecule has 0 amide bonds. The van der Waals surface area contributed by atoms with Crippen molar-refractivity contribution in [3.8, 4) is 0 Å². The first-order chi connectivity index (χ1) is 10.1. The van der Waals surface area contributed by atoms with E-state index in [0.717, 1.165) is 20.3 Å². The van der Waals surface area contributed by atoms with Gasteiger partial charge in [0.2, 0.25) is 0 Å². The molecule has 1 aromatic heterocycles. The van der Waals surface area contributed by atoms with E-state index in [2.05, 4.69) is 20.9 Å². The van der Waals surface area contributed by atoms with Crippen molar-refractivity contribution in [3.63, 3.8) is 0 Å². The highest BCUT2D eigenvalue weighted by Gasteiger charge is 2.14. The van der Waals surface area contributed by atoms with Crippen LogP contribution in [0.3, 0.4) is 0 Å². The summed E-state index contributed by atoms with van der Waals surface area (Å²) in [5.41, 5.74) is 1.38. The number of hydrogen-bond donors (Lipinski definition) is 1. The number of Topliss-reactive ketones (excluding diaryl/α,β-unsaturated/α-hetero) is 1. The second-order valence-corrected chi connectivity index (χ2v) is 6.50. The number of benzene rings is 2. The van der Waals surface area contributed by atoms with E-state index in [1.807, 2.05) is 12.1 Å². The van der Waals surface area contributed by atoms with Crippen LogP contribution < -0.4 is 0 Å². The molecule has 1 N–H and O–H groups in total. The van der Waals surface area contributed by atoms with E-state index in [0.29, 0.717) is 10.5 Å². The van der Waals surface area contributed by atoms with Crippen LogP contribution in [0, 0.1) is 5.82 Å². The Bertz CT molecular complexity index is 843. The van der Waals surface area contributed by atoms with E-state index in [4.69, 9.17) is 0 Å². The van der Waals surface area contributed by atoms with Crippen molar-refractivity contribution < 1.29 is 9.18 Å². The fraction of sp³-hybridized carbons (Fsp3) is 0.0625. The third-order valence-electron chi connectivity index (χ3n) is 3.16. The average molecular weight is 364 g/mol. The van der Waals surface area contributed by atoms with E-state index >= 15 is 0 Å². The van der Waals surface area contributed by atoms with Crippen LogP contribution in [0.4, 0.5) is 4.39 Å². The zero-order valence-corrected chi connectivity index (χ0v) is 13.5. The number of aromatic nitrogens is 1. The minimum Gasteiger partial charge on any atom is -0.361 e. The Hall–Kier alpha value is -1.59. The summed E-state index contributed by atoms with van der Waals surface area (Å²) in [4.78, 5) is 15.8. The monoisotopic (exact) mass is 363 g/mol. The molecular weight excluding hydrogens is 353 g/mol. The molecule has 106 valence electrons. The van der Waals surface area contributed by atoms with Gasteiger partial charge >= 0.3 is 0 Å². The first-order valence-electron chi connectivity index (χ1n) is 6.30. The number of hydrogen-bond acceptors (Lipinski definition) is 2. The molecule has 3 rings (SSSR count). The molecule has 0 fully saturated rings. The Balaban J connectivity index is 2.05. The highest BCUT2D eigenvalue weighted by atomic mass is 79.9. The molecule has 0 radical (unpaired) electrons. The number of halogens is 2. The SMILES string of the molecule is CC(=O)c1cccc(Sc2c(F)cc3[nH]ccc3c2Br)c1. The highest BCUT2D eigenvalue weighted by molar-refractivity contribution is 9.10. The Morgan fingerprint density at radius 3 is 2.86 bits per heavy atom. The van der Waals surface area contributed by atoms with E-state index in [-0.39, 0.29) is 11.6 Å². The van der Waals surface area contributed by atoms with Gasteiger partial charge in [0, 0.05) is 32.0 Å². The molecular formula is C16H11BrFNOS. The molecule has 3 aromatic rings. The van der Waals surface area contributed by atoms with E-state index in [9.17, 15) is 9.18 Å². The van der Waals surface area contributed by atoms with E-state index < -0.39 is 0 Å². The van der Waals surface area contributed by atoms with Crippen LogP contribution in [0.5, 0.6) is 0 Å². The van der Waals surface area contributed by atoms with Crippen LogP contribution in [-0.2, 0) is 0 Å². The molecule has 0 aliphatic carbocycles. The summed E-state index contributed by atoms with van der Waals surface area (Å²) in [6.07, 6.45) is 1.78. The molecule has 0 bridgehead atoms. The fourth-order valence-electron chi connectivity index (χ4n) is 2.10. The van der Waals surface area contributed by atoms with Gasteiger partial charge in [-0.15, -0.1) is 0 Å². The van der Waals surface area contributed by atoms with Crippen molar-refractivity contribution in [2.75, 3.05) is 0 Å². The molecule has 5 heteroatoms. The van der Waals surface area contributed by atoms with Crippen molar-refractivity contribution in [1.29, 1.82) is 0 Å². The summed E-state index contributed by atoms with van der Waals surface area (Å²) in [5, 5.41) is 0.932. The summed E-state index contributed by atoms with van der Waals surface area (Å²) in [6.45, 7) is 1.52. The molecule has 2 aromatic carbocycles. The third-order valence-corrected chi connectivity index (χ3v) is 5.34. The van der Waals surface area contributed by atoms with Gasteiger partial charge in [-0.05, 0) is 47.1 Å². The topological polar surface area (TPSA) is 32.9 Å². The smallest absolute Gasteiger partial charge is 0.159 e. The van der Waals surface area contributed by atoms with Crippen molar-refractivity contribution in [2.45, 2.75) is 16.7 Å². The Morgan fingerprint density at radius 1 is 1.29 bits per heavy atom. The number of aromatic amines is 1. The molecule has 0 saturated carbocycles. The molecule has 0 unspecified atom stereocenters. The molecule has 0 spiro atoms. The van der Waals surface area contributed by atoms with E-state index in [1.165, 1.54) is 24.8 Å². The maximum Gasteiger partial charge on any atom is 0.159 e. The summed E-state index contributed by atoms with van der Waals surface area (Å²) in [6, 6.07) is 10.6. The lowest BCUT2D eigenvalue weighted by Crippen LogP contribution is -1.91. The van der Waals surface area contributed by atoms with Crippen LogP contribution >= 0.6 is 27.7 Å². The standard InChI is InChI=1S/C16H11BrFNOS/c1-9(20)10-3-2-4-11(7-10)21-16-13(18)8-14-12(15(16)17)5-6-19-14/h2-8,19H,1H3. The molecule has 2 nitrogen and oxygen atoms in total. The van der Waals surface area contributed by atoms with Crippen LogP contribution in [0.1, 0.15) is 17.3 Å². The van der Waals surface area contributed by atoms with Crippen LogP contribution in [0.25, 0.3) is 10.9 Å². The second-order valence-electron chi connectivity index (χ2n) is 4.63. The number of H-pyrrole nitrogens is 1. The van der Waals surface area contributed by atoms with Gasteiger partial charge in [0.15, 0.2) is 5.78 Å². The minimum atomic E-state index is -0.296. The third kappa shape index (κ3) is 2.76. The molecule has 21 heavy (non-hydrogen) atoms. The van der Waals surface area contributed by atoms with E-state index in [1.54, 1.807) is 24.4 Å². The predicted molar refractivity (Wildman–Crippen MR) is 86.5 cm³/mol. The first kappa shape index (κ1) is 14.4. The fourth-order valence-corrected chi connectivity index (χ4v) is 3.80. The van der Waals surface area contributed by atoms with Gasteiger partial charge in [-0.2, -0.15) is 0 Å². The van der Waals surface area contributed by atoms with Gasteiger partial charge < -0.3 is 4.98 Å². The minimum absolute atomic E-state index is 0.00178. The summed E-state index contributed by atoms with van der Waals surface area (Å²) in [5.74, 6) is -0.298. The van der Waals surface area contributed by atoms with Gasteiger partial charge in [0.05, 0.1) is 4.90 Å². The van der Waals surface area contributed by atoms with Gasteiger partial charge in [-0.25, -0.2) is 4.39 Å². The average Bonchev–Trinajstić information content (AvgIpc) is 2.92. The van der Waals surface area contributed by atoms with Crippen molar-refractivity contribution >= 4 is 44.4 Å². The molecule has 0 aliphatic rings. The van der Waals surface area contributed by atoms with Gasteiger partial charge in [-0.3, -0.25) is 4.79 Å². The lowest BCUT2D eigenvalue weighted by Gasteiger charge is -2.08. The normalized spacial score (nSPS) is 11.0. The lowest BCUT2D eigenvalue weighted by atomic mass is 10.2. The number of rotatable bonds is 3. The predicted octanol–water partition coefficient (Wildman–Crippen LogP) is 5.42. The summed E-state index contributed by atoms with van der Waals surface area (Å²) >= 11 is 4.77. The van der Waals surface area contributed by atoms with Gasteiger partial charge in [0.25, 0.3) is 0 Å². The number of ketones is 1. The number of fused-ring (bicyclic) bond motifs is 1. The lowest BCUT2D eigenvalue weighted by molar-refractivity contribution is 0.101. The Morgan fingerprint density at radius 2 is 2.10 bits per heavy atom. The Labute approximate surface area is 133 Å². The number of carbonyl (C=O) groups excluding carboxylic acids is 1. The number of carbonyl (C=O) groups is 1. The zero-order valence-electron chi connectivity index (χ0n) is 11.1. The van der Waals surface area contributed by atoms with Crippen LogP contribution in [0.2, 0.25) is 0 Å². The first-order valence-corrected chi connectivity index (χ1v) is 7.91. The molecule has 0 aliphatic heterocycles. The van der Waals surface area contributed by atoms with Crippen LogP contribution in [0.15, 0.2) is 56.9 Å². The zero-order chi connectivity index (χ0) is 15.0. The molecule has 0 saturated heterocycles. The largest absolute Gasteiger partial charge is 0.361 e. The number of nitrogens with one attached hydrogen (secondary N) is 1. The second kappa shape index (κ2) is 5.66. The highest BCUT2D eigenvalue weighted by Crippen LogP contribution is 2.39. The van der Waals surface area contributed by atoms with Crippen molar-refractivity contribution in [3.05, 3.63) is 58.4 Å². The summed E-state index contributed by atoms with van der Waals surface area (Å²) < 4.78 is 15.0. The van der Waals surface area contributed by atoms with Crippen molar-refractivity contribution in [2.24, 2.45) is 0 Å². The maximum atomic E-state index is 14.3.